The number of aromatic nitrogens is 2. The van der Waals surface area contributed by atoms with E-state index in [2.05, 4.69) is 16.0 Å². The van der Waals surface area contributed by atoms with Crippen molar-refractivity contribution in [2.45, 2.75) is 13.5 Å². The molecule has 0 saturated carbocycles. The number of rotatable bonds is 4. The Kier molecular flexibility index (Phi) is 5.31. The van der Waals surface area contributed by atoms with Crippen LogP contribution < -0.4 is 4.90 Å². The van der Waals surface area contributed by atoms with Gasteiger partial charge in [0.05, 0.1) is 27.3 Å². The topological polar surface area (TPSA) is 46.1 Å². The number of hydrogen-bond donors (Lipinski definition) is 0. The summed E-state index contributed by atoms with van der Waals surface area (Å²) >= 11 is 13.9. The van der Waals surface area contributed by atoms with Crippen molar-refractivity contribution >= 4 is 55.8 Å². The molecule has 0 spiro atoms. The molecule has 2 heterocycles. The molecule has 0 bridgehead atoms. The van der Waals surface area contributed by atoms with Crippen LogP contribution in [0.15, 0.2) is 60.9 Å². The Morgan fingerprint density at radius 3 is 2.79 bits per heavy atom. The van der Waals surface area contributed by atoms with Crippen LogP contribution in [-0.2, 0) is 6.54 Å². The summed E-state index contributed by atoms with van der Waals surface area (Å²) in [5.74, 6) is -0.257. The molecule has 0 saturated heterocycles. The van der Waals surface area contributed by atoms with E-state index in [-0.39, 0.29) is 5.91 Å². The van der Waals surface area contributed by atoms with Crippen LogP contribution in [0, 0.1) is 6.92 Å². The Balaban J connectivity index is 1.80. The zero-order valence-corrected chi connectivity index (χ0v) is 17.2. The third-order valence-corrected chi connectivity index (χ3v) is 5.84. The Bertz CT molecular complexity index is 1160. The Morgan fingerprint density at radius 1 is 1.14 bits per heavy atom. The van der Waals surface area contributed by atoms with Crippen molar-refractivity contribution in [3.05, 3.63) is 87.7 Å². The second-order valence-electron chi connectivity index (χ2n) is 6.34. The zero-order chi connectivity index (χ0) is 19.7. The van der Waals surface area contributed by atoms with Crippen molar-refractivity contribution in [3.8, 4) is 0 Å². The van der Waals surface area contributed by atoms with Gasteiger partial charge in [0.2, 0.25) is 0 Å². The molecule has 0 aliphatic rings. The molecular weight excluding hydrogens is 413 g/mol. The number of carbonyl (C=O) groups is 1. The molecule has 4 nitrogen and oxygen atoms in total. The first-order chi connectivity index (χ1) is 13.5. The fourth-order valence-electron chi connectivity index (χ4n) is 2.84. The minimum atomic E-state index is -0.257. The van der Waals surface area contributed by atoms with Crippen LogP contribution in [0.4, 0.5) is 5.13 Å². The maximum absolute atomic E-state index is 13.4. The van der Waals surface area contributed by atoms with Gasteiger partial charge in [-0.25, -0.2) is 4.98 Å². The molecule has 4 rings (SSSR count). The zero-order valence-electron chi connectivity index (χ0n) is 14.9. The number of nitrogens with zero attached hydrogens (tertiary/aromatic N) is 3. The molecule has 7 heteroatoms. The van der Waals surface area contributed by atoms with Crippen molar-refractivity contribution in [2.24, 2.45) is 0 Å². The fraction of sp³-hybridized carbons (Fsp3) is 0.0952. The standard InChI is InChI=1S/C21H15Cl2N3OS/c1-13-4-7-18-19(9-13)28-21(25-18)26(12-14-3-2-8-24-11-14)20(27)16-10-15(22)5-6-17(16)23/h2-11H,12H2,1H3. The molecule has 28 heavy (non-hydrogen) atoms. The molecule has 0 atom stereocenters. The molecule has 1 amide bonds. The van der Waals surface area contributed by atoms with Gasteiger partial charge >= 0.3 is 0 Å². The summed E-state index contributed by atoms with van der Waals surface area (Å²) in [5, 5.41) is 1.40. The molecule has 4 aromatic rings. The smallest absolute Gasteiger partial charge is 0.261 e. The first kappa shape index (κ1) is 18.9. The van der Waals surface area contributed by atoms with E-state index in [0.717, 1.165) is 21.3 Å². The fourth-order valence-corrected chi connectivity index (χ4v) is 4.27. The van der Waals surface area contributed by atoms with Crippen LogP contribution in [0.1, 0.15) is 21.5 Å². The van der Waals surface area contributed by atoms with Crippen molar-refractivity contribution in [2.75, 3.05) is 4.90 Å². The summed E-state index contributed by atoms with van der Waals surface area (Å²) in [6.45, 7) is 2.36. The third kappa shape index (κ3) is 3.87. The van der Waals surface area contributed by atoms with E-state index in [1.165, 1.54) is 11.3 Å². The van der Waals surface area contributed by atoms with Crippen molar-refractivity contribution in [1.29, 1.82) is 0 Å². The van der Waals surface area contributed by atoms with Crippen LogP contribution in [-0.4, -0.2) is 15.9 Å². The lowest BCUT2D eigenvalue weighted by molar-refractivity contribution is 0.0985. The normalized spacial score (nSPS) is 11.0. The number of thiazole rings is 1. The minimum Gasteiger partial charge on any atom is -0.279 e. The number of carbonyl (C=O) groups excluding carboxylic acids is 1. The Hall–Kier alpha value is -2.47. The van der Waals surface area contributed by atoms with Crippen LogP contribution in [0.5, 0.6) is 0 Å². The van der Waals surface area contributed by atoms with E-state index in [0.29, 0.717) is 27.3 Å². The van der Waals surface area contributed by atoms with E-state index in [9.17, 15) is 4.79 Å². The highest BCUT2D eigenvalue weighted by Gasteiger charge is 2.24. The highest BCUT2D eigenvalue weighted by molar-refractivity contribution is 7.22. The summed E-state index contributed by atoms with van der Waals surface area (Å²) in [6, 6.07) is 14.7. The number of pyridine rings is 1. The van der Waals surface area contributed by atoms with Gasteiger partial charge in [-0.15, -0.1) is 0 Å². The van der Waals surface area contributed by atoms with Crippen LogP contribution in [0.3, 0.4) is 0 Å². The summed E-state index contributed by atoms with van der Waals surface area (Å²) in [4.78, 5) is 23.8. The van der Waals surface area contributed by atoms with Gasteiger partial charge in [-0.2, -0.15) is 0 Å². The summed E-state index contributed by atoms with van der Waals surface area (Å²) in [5.41, 5.74) is 3.23. The largest absolute Gasteiger partial charge is 0.279 e. The number of anilines is 1. The SMILES string of the molecule is Cc1ccc2nc(N(Cc3cccnc3)C(=O)c3cc(Cl)ccc3Cl)sc2c1. The number of amides is 1. The lowest BCUT2D eigenvalue weighted by Gasteiger charge is -2.20. The quantitative estimate of drug-likeness (QED) is 0.392. The van der Waals surface area contributed by atoms with Crippen LogP contribution in [0.2, 0.25) is 10.0 Å². The highest BCUT2D eigenvalue weighted by atomic mass is 35.5. The first-order valence-corrected chi connectivity index (χ1v) is 10.1. The van der Waals surface area contributed by atoms with Crippen molar-refractivity contribution < 1.29 is 4.79 Å². The lowest BCUT2D eigenvalue weighted by Crippen LogP contribution is -2.30. The summed E-state index contributed by atoms with van der Waals surface area (Å²) in [6.07, 6.45) is 3.43. The van der Waals surface area contributed by atoms with Gasteiger partial charge in [0, 0.05) is 17.4 Å². The van der Waals surface area contributed by atoms with Gasteiger partial charge < -0.3 is 0 Å². The molecule has 0 radical (unpaired) electrons. The van der Waals surface area contributed by atoms with Crippen molar-refractivity contribution in [1.82, 2.24) is 9.97 Å². The first-order valence-electron chi connectivity index (χ1n) is 8.54. The lowest BCUT2D eigenvalue weighted by atomic mass is 10.2. The minimum absolute atomic E-state index is 0.257. The third-order valence-electron chi connectivity index (χ3n) is 4.23. The number of fused-ring (bicyclic) bond motifs is 1. The molecule has 2 aromatic heterocycles. The van der Waals surface area contributed by atoms with Gasteiger partial charge in [0.1, 0.15) is 0 Å². The van der Waals surface area contributed by atoms with Gasteiger partial charge in [0.15, 0.2) is 5.13 Å². The summed E-state index contributed by atoms with van der Waals surface area (Å²) < 4.78 is 1.02. The molecule has 0 aliphatic heterocycles. The second-order valence-corrected chi connectivity index (χ2v) is 8.20. The molecular formula is C21H15Cl2N3OS. The van der Waals surface area contributed by atoms with E-state index in [4.69, 9.17) is 23.2 Å². The van der Waals surface area contributed by atoms with Gasteiger partial charge in [0.25, 0.3) is 5.91 Å². The molecule has 0 N–H and O–H groups in total. The monoisotopic (exact) mass is 427 g/mol. The van der Waals surface area contributed by atoms with Gasteiger partial charge in [-0.1, -0.05) is 46.7 Å². The van der Waals surface area contributed by atoms with E-state index < -0.39 is 0 Å². The number of benzene rings is 2. The number of hydrogen-bond acceptors (Lipinski definition) is 4. The number of halogens is 2. The molecule has 0 fully saturated rings. The maximum Gasteiger partial charge on any atom is 0.261 e. The number of aryl methyl sites for hydroxylation is 1. The van der Waals surface area contributed by atoms with Crippen LogP contribution in [0.25, 0.3) is 10.2 Å². The Morgan fingerprint density at radius 2 is 2.00 bits per heavy atom. The average Bonchev–Trinajstić information content (AvgIpc) is 3.11. The summed E-state index contributed by atoms with van der Waals surface area (Å²) in [7, 11) is 0. The molecule has 140 valence electrons. The van der Waals surface area contributed by atoms with E-state index in [1.807, 2.05) is 31.2 Å². The average molecular weight is 428 g/mol. The van der Waals surface area contributed by atoms with Gasteiger partial charge in [-0.3, -0.25) is 14.7 Å². The highest BCUT2D eigenvalue weighted by Crippen LogP contribution is 2.32. The molecule has 2 aromatic carbocycles. The van der Waals surface area contributed by atoms with Crippen molar-refractivity contribution in [3.63, 3.8) is 0 Å². The van der Waals surface area contributed by atoms with Gasteiger partial charge in [-0.05, 0) is 54.4 Å². The van der Waals surface area contributed by atoms with Crippen LogP contribution >= 0.6 is 34.5 Å². The molecule has 0 aliphatic carbocycles. The predicted molar refractivity (Wildman–Crippen MR) is 116 cm³/mol. The van der Waals surface area contributed by atoms with E-state index in [1.54, 1.807) is 35.5 Å². The maximum atomic E-state index is 13.4. The second kappa shape index (κ2) is 7.87. The predicted octanol–water partition coefficient (Wildman–Crippen LogP) is 6.15. The van der Waals surface area contributed by atoms with E-state index >= 15 is 0 Å². The Labute approximate surface area is 176 Å². The molecule has 0 unspecified atom stereocenters.